The van der Waals surface area contributed by atoms with E-state index in [9.17, 15) is 4.79 Å². The molecule has 0 unspecified atom stereocenters. The smallest absolute Gasteiger partial charge is 0.222 e. The number of carbonyl (C=O) groups excluding carboxylic acids is 1. The Balaban J connectivity index is 1.38. The van der Waals surface area contributed by atoms with Crippen LogP contribution in [-0.4, -0.2) is 39.7 Å². The Morgan fingerprint density at radius 2 is 2.11 bits per heavy atom. The molecule has 2 atom stereocenters. The average Bonchev–Trinajstić information content (AvgIpc) is 3.29. The van der Waals surface area contributed by atoms with Gasteiger partial charge in [0.2, 0.25) is 5.91 Å². The molecule has 0 saturated carbocycles. The van der Waals surface area contributed by atoms with Crippen LogP contribution in [0.2, 0.25) is 0 Å². The predicted octanol–water partition coefficient (Wildman–Crippen LogP) is 2.50. The molecule has 0 aliphatic carbocycles. The maximum atomic E-state index is 12.4. The molecular weight excluding hydrogens is 340 g/mol. The van der Waals surface area contributed by atoms with Crippen molar-refractivity contribution in [3.8, 4) is 0 Å². The zero-order chi connectivity index (χ0) is 18.6. The van der Waals surface area contributed by atoms with Crippen LogP contribution in [0.15, 0.2) is 48.9 Å². The molecular formula is C21H24N4O2. The number of imidazole rings is 1. The summed E-state index contributed by atoms with van der Waals surface area (Å²) in [6.45, 7) is 3.83. The Morgan fingerprint density at radius 1 is 1.22 bits per heavy atom. The van der Waals surface area contributed by atoms with Crippen molar-refractivity contribution in [3.63, 3.8) is 0 Å². The van der Waals surface area contributed by atoms with Crippen LogP contribution < -0.4 is 5.32 Å². The summed E-state index contributed by atoms with van der Waals surface area (Å²) >= 11 is 0. The highest BCUT2D eigenvalue weighted by Crippen LogP contribution is 2.24. The lowest BCUT2D eigenvalue weighted by Crippen LogP contribution is -2.40. The summed E-state index contributed by atoms with van der Waals surface area (Å²) in [5.74, 6) is 1.26. The number of carbonyl (C=O) groups is 1. The standard InChI is InChI=1S/C21H24N4O2/c1-15-22-9-11-25(15)10-7-21(26)24-20-14-27-13-17(20)12-16-6-8-23-19-5-3-2-4-18(16)19/h2-6,8-9,11,17,20H,7,10,12-14H2,1H3,(H,24,26)/t17-,20-/m1/s1. The molecule has 6 nitrogen and oxygen atoms in total. The topological polar surface area (TPSA) is 69.0 Å². The highest BCUT2D eigenvalue weighted by atomic mass is 16.5. The van der Waals surface area contributed by atoms with Crippen molar-refractivity contribution in [2.75, 3.05) is 13.2 Å². The molecule has 1 fully saturated rings. The summed E-state index contributed by atoms with van der Waals surface area (Å²) in [7, 11) is 0. The normalized spacial score (nSPS) is 19.4. The molecule has 4 rings (SSSR count). The van der Waals surface area contributed by atoms with Gasteiger partial charge in [-0.2, -0.15) is 0 Å². The first-order valence-electron chi connectivity index (χ1n) is 9.38. The first-order chi connectivity index (χ1) is 13.2. The summed E-state index contributed by atoms with van der Waals surface area (Å²) in [5, 5.41) is 4.34. The summed E-state index contributed by atoms with van der Waals surface area (Å²) in [6, 6.07) is 10.3. The third-order valence-electron chi connectivity index (χ3n) is 5.27. The predicted molar refractivity (Wildman–Crippen MR) is 103 cm³/mol. The SMILES string of the molecule is Cc1nccn1CCC(=O)N[C@@H]1COC[C@H]1Cc1ccnc2ccccc12. The Morgan fingerprint density at radius 3 is 2.96 bits per heavy atom. The lowest BCUT2D eigenvalue weighted by atomic mass is 9.93. The number of para-hydroxylation sites is 1. The third-order valence-corrected chi connectivity index (χ3v) is 5.27. The van der Waals surface area contributed by atoms with Gasteiger partial charge in [0, 0.05) is 42.9 Å². The van der Waals surface area contributed by atoms with Gasteiger partial charge in [-0.05, 0) is 31.0 Å². The third kappa shape index (κ3) is 4.01. The van der Waals surface area contributed by atoms with Crippen LogP contribution >= 0.6 is 0 Å². The van der Waals surface area contributed by atoms with Gasteiger partial charge in [-0.15, -0.1) is 0 Å². The number of fused-ring (bicyclic) bond motifs is 1. The number of amides is 1. The van der Waals surface area contributed by atoms with E-state index in [1.54, 1.807) is 6.20 Å². The molecule has 3 heterocycles. The van der Waals surface area contributed by atoms with Gasteiger partial charge < -0.3 is 14.6 Å². The van der Waals surface area contributed by atoms with Crippen LogP contribution in [-0.2, 0) is 22.5 Å². The second kappa shape index (κ2) is 7.88. The fraction of sp³-hybridized carbons (Fsp3) is 0.381. The van der Waals surface area contributed by atoms with Gasteiger partial charge in [-0.3, -0.25) is 9.78 Å². The summed E-state index contributed by atoms with van der Waals surface area (Å²) in [4.78, 5) is 21.0. The van der Waals surface area contributed by atoms with Crippen molar-refractivity contribution in [1.82, 2.24) is 19.9 Å². The number of benzene rings is 1. The van der Waals surface area contributed by atoms with E-state index in [4.69, 9.17) is 4.74 Å². The number of nitrogens with zero attached hydrogens (tertiary/aromatic N) is 3. The van der Waals surface area contributed by atoms with Crippen molar-refractivity contribution in [1.29, 1.82) is 0 Å². The largest absolute Gasteiger partial charge is 0.379 e. The number of hydrogen-bond donors (Lipinski definition) is 1. The number of nitrogens with one attached hydrogen (secondary N) is 1. The number of aryl methyl sites for hydroxylation is 2. The van der Waals surface area contributed by atoms with Gasteiger partial charge in [-0.1, -0.05) is 18.2 Å². The van der Waals surface area contributed by atoms with E-state index in [0.717, 1.165) is 17.8 Å². The van der Waals surface area contributed by atoms with Crippen molar-refractivity contribution < 1.29 is 9.53 Å². The number of rotatable bonds is 6. The molecule has 1 saturated heterocycles. The molecule has 2 aromatic heterocycles. The van der Waals surface area contributed by atoms with E-state index in [1.807, 2.05) is 42.1 Å². The maximum Gasteiger partial charge on any atom is 0.222 e. The van der Waals surface area contributed by atoms with E-state index in [0.29, 0.717) is 26.2 Å². The van der Waals surface area contributed by atoms with Crippen LogP contribution in [0.3, 0.4) is 0 Å². The highest BCUT2D eigenvalue weighted by Gasteiger charge is 2.30. The van der Waals surface area contributed by atoms with Gasteiger partial charge in [-0.25, -0.2) is 4.98 Å². The van der Waals surface area contributed by atoms with Gasteiger partial charge in [0.15, 0.2) is 0 Å². The minimum atomic E-state index is 0.0494. The lowest BCUT2D eigenvalue weighted by Gasteiger charge is -2.20. The van der Waals surface area contributed by atoms with Crippen molar-refractivity contribution in [2.24, 2.45) is 5.92 Å². The van der Waals surface area contributed by atoms with Crippen molar-refractivity contribution >= 4 is 16.8 Å². The zero-order valence-electron chi connectivity index (χ0n) is 15.5. The molecule has 6 heteroatoms. The number of aromatic nitrogens is 3. The van der Waals surface area contributed by atoms with Crippen LogP contribution in [0.25, 0.3) is 10.9 Å². The lowest BCUT2D eigenvalue weighted by molar-refractivity contribution is -0.122. The quantitative estimate of drug-likeness (QED) is 0.730. The fourth-order valence-corrected chi connectivity index (χ4v) is 3.72. The van der Waals surface area contributed by atoms with E-state index in [-0.39, 0.29) is 17.9 Å². The Kier molecular flexibility index (Phi) is 5.16. The van der Waals surface area contributed by atoms with Crippen molar-refractivity contribution in [2.45, 2.75) is 32.4 Å². The van der Waals surface area contributed by atoms with Crippen LogP contribution in [0.1, 0.15) is 17.8 Å². The van der Waals surface area contributed by atoms with E-state index >= 15 is 0 Å². The Bertz CT molecular complexity index is 931. The molecule has 0 radical (unpaired) electrons. The van der Waals surface area contributed by atoms with Crippen LogP contribution in [0.4, 0.5) is 0 Å². The van der Waals surface area contributed by atoms with Gasteiger partial charge in [0.1, 0.15) is 5.82 Å². The van der Waals surface area contributed by atoms with Crippen LogP contribution in [0, 0.1) is 12.8 Å². The Labute approximate surface area is 158 Å². The molecule has 0 spiro atoms. The molecule has 3 aromatic rings. The van der Waals surface area contributed by atoms with E-state index < -0.39 is 0 Å². The molecule has 27 heavy (non-hydrogen) atoms. The molecule has 1 aliphatic heterocycles. The first kappa shape index (κ1) is 17.7. The number of pyridine rings is 1. The van der Waals surface area contributed by atoms with E-state index in [2.05, 4.69) is 27.4 Å². The van der Waals surface area contributed by atoms with Crippen LogP contribution in [0.5, 0.6) is 0 Å². The highest BCUT2D eigenvalue weighted by molar-refractivity contribution is 5.82. The Hall–Kier alpha value is -2.73. The molecule has 140 valence electrons. The second-order valence-electron chi connectivity index (χ2n) is 7.08. The molecule has 1 N–H and O–H groups in total. The second-order valence-corrected chi connectivity index (χ2v) is 7.08. The van der Waals surface area contributed by atoms with Crippen molar-refractivity contribution in [3.05, 3.63) is 60.3 Å². The summed E-state index contributed by atoms with van der Waals surface area (Å²) < 4.78 is 7.67. The van der Waals surface area contributed by atoms with Gasteiger partial charge >= 0.3 is 0 Å². The minimum absolute atomic E-state index is 0.0494. The maximum absolute atomic E-state index is 12.4. The molecule has 0 bridgehead atoms. The summed E-state index contributed by atoms with van der Waals surface area (Å²) in [5.41, 5.74) is 2.26. The molecule has 1 amide bonds. The summed E-state index contributed by atoms with van der Waals surface area (Å²) in [6.07, 6.45) is 6.83. The average molecular weight is 364 g/mol. The molecule has 1 aliphatic rings. The fourth-order valence-electron chi connectivity index (χ4n) is 3.72. The van der Waals surface area contributed by atoms with Gasteiger partial charge in [0.25, 0.3) is 0 Å². The number of hydrogen-bond acceptors (Lipinski definition) is 4. The number of ether oxygens (including phenoxy) is 1. The molecule has 1 aromatic carbocycles. The monoisotopic (exact) mass is 364 g/mol. The van der Waals surface area contributed by atoms with E-state index in [1.165, 1.54) is 10.9 Å². The first-order valence-corrected chi connectivity index (χ1v) is 9.38. The zero-order valence-corrected chi connectivity index (χ0v) is 15.5. The van der Waals surface area contributed by atoms with Gasteiger partial charge in [0.05, 0.1) is 24.8 Å². The minimum Gasteiger partial charge on any atom is -0.379 e.